The van der Waals surface area contributed by atoms with Crippen LogP contribution >= 0.6 is 0 Å². The molecule has 4 nitrogen and oxygen atoms in total. The van der Waals surface area contributed by atoms with Gasteiger partial charge < -0.3 is 15.5 Å². The third-order valence-electron chi connectivity index (χ3n) is 11.9. The van der Waals surface area contributed by atoms with Crippen LogP contribution in [0.2, 0.25) is 0 Å². The third kappa shape index (κ3) is 44.0. The van der Waals surface area contributed by atoms with Crippen LogP contribution in [0.4, 0.5) is 0 Å². The summed E-state index contributed by atoms with van der Waals surface area (Å²) >= 11 is 0. The summed E-state index contributed by atoms with van der Waals surface area (Å²) in [5, 5.41) is 22.8. The molecule has 0 spiro atoms. The number of carbonyl (C=O) groups is 1. The van der Waals surface area contributed by atoms with Gasteiger partial charge in [0.1, 0.15) is 0 Å². The minimum absolute atomic E-state index is 0.0638. The Bertz CT molecular complexity index is 810. The Morgan fingerprint density at radius 1 is 0.411 bits per heavy atom. The Kier molecular flexibility index (Phi) is 47.3. The lowest BCUT2D eigenvalue weighted by atomic mass is 10.0. The number of rotatable bonds is 47. The molecule has 4 heteroatoms. The smallest absolute Gasteiger partial charge is 0.220 e. The molecule has 0 heterocycles. The van der Waals surface area contributed by atoms with E-state index in [1.165, 1.54) is 238 Å². The zero-order valence-corrected chi connectivity index (χ0v) is 38.2. The second-order valence-electron chi connectivity index (χ2n) is 17.6. The molecular weight excluding hydrogens is 687 g/mol. The average molecular weight is 788 g/mol. The third-order valence-corrected chi connectivity index (χ3v) is 11.9. The largest absolute Gasteiger partial charge is 0.394 e. The zero-order valence-electron chi connectivity index (χ0n) is 38.2. The van der Waals surface area contributed by atoms with Gasteiger partial charge in [-0.25, -0.2) is 0 Å². The molecular formula is C52H101NO3. The van der Waals surface area contributed by atoms with Gasteiger partial charge in [-0.2, -0.15) is 0 Å². The van der Waals surface area contributed by atoms with Gasteiger partial charge in [-0.05, 0) is 44.9 Å². The van der Waals surface area contributed by atoms with Crippen molar-refractivity contribution < 1.29 is 15.0 Å². The summed E-state index contributed by atoms with van der Waals surface area (Å²) in [6, 6.07) is -0.615. The molecule has 0 fully saturated rings. The molecule has 0 aliphatic carbocycles. The highest BCUT2D eigenvalue weighted by atomic mass is 16.3. The summed E-state index contributed by atoms with van der Waals surface area (Å²) in [5.41, 5.74) is 0. The van der Waals surface area contributed by atoms with Crippen LogP contribution < -0.4 is 5.32 Å². The lowest BCUT2D eigenvalue weighted by Gasteiger charge is -2.20. The fourth-order valence-electron chi connectivity index (χ4n) is 8.00. The molecule has 56 heavy (non-hydrogen) atoms. The van der Waals surface area contributed by atoms with Crippen LogP contribution in [0.25, 0.3) is 0 Å². The lowest BCUT2D eigenvalue weighted by molar-refractivity contribution is -0.123. The highest BCUT2D eigenvalue weighted by Crippen LogP contribution is 2.17. The van der Waals surface area contributed by atoms with Crippen LogP contribution in [0.1, 0.15) is 284 Å². The van der Waals surface area contributed by atoms with Crippen molar-refractivity contribution >= 4 is 5.91 Å². The Labute approximate surface area is 351 Å². The first-order valence-electron chi connectivity index (χ1n) is 25.6. The Hall–Kier alpha value is -1.13. The molecule has 2 atom stereocenters. The maximum atomic E-state index is 12.3. The van der Waals surface area contributed by atoms with Crippen LogP contribution in [-0.2, 0) is 4.79 Å². The molecule has 0 aliphatic heterocycles. The fourth-order valence-corrected chi connectivity index (χ4v) is 8.00. The van der Waals surface area contributed by atoms with Gasteiger partial charge in [0, 0.05) is 6.42 Å². The predicted molar refractivity (Wildman–Crippen MR) is 249 cm³/mol. The number of aliphatic hydroxyl groups excluding tert-OH is 2. The second kappa shape index (κ2) is 48.2. The summed E-state index contributed by atoms with van der Waals surface area (Å²) in [7, 11) is 0. The Morgan fingerprint density at radius 2 is 0.679 bits per heavy atom. The SMILES string of the molecule is CCCCCCC/C=C/C(O)C(CO)NC(=O)CCCCCCCCCCCCCCCCCCCCCCCCCCC/C=C\CCCCCCCCCC. The van der Waals surface area contributed by atoms with Crippen molar-refractivity contribution in [3.63, 3.8) is 0 Å². The highest BCUT2D eigenvalue weighted by molar-refractivity contribution is 5.76. The minimum Gasteiger partial charge on any atom is -0.394 e. The molecule has 0 aromatic heterocycles. The maximum Gasteiger partial charge on any atom is 0.220 e. The van der Waals surface area contributed by atoms with Crippen molar-refractivity contribution in [3.8, 4) is 0 Å². The van der Waals surface area contributed by atoms with Crippen LogP contribution in [0.5, 0.6) is 0 Å². The average Bonchev–Trinajstić information content (AvgIpc) is 3.20. The molecule has 3 N–H and O–H groups in total. The number of hydrogen-bond donors (Lipinski definition) is 3. The van der Waals surface area contributed by atoms with Crippen molar-refractivity contribution in [2.75, 3.05) is 6.61 Å². The van der Waals surface area contributed by atoms with Gasteiger partial charge in [0.25, 0.3) is 0 Å². The normalized spacial score (nSPS) is 13.0. The number of carbonyl (C=O) groups excluding carboxylic acids is 1. The number of unbranched alkanes of at least 4 members (excludes halogenated alkanes) is 38. The Balaban J connectivity index is 3.31. The Morgan fingerprint density at radius 3 is 0.982 bits per heavy atom. The number of aliphatic hydroxyl groups is 2. The number of amides is 1. The molecule has 332 valence electrons. The topological polar surface area (TPSA) is 69.6 Å². The van der Waals surface area contributed by atoms with Gasteiger partial charge in [0.2, 0.25) is 5.91 Å². The van der Waals surface area contributed by atoms with E-state index in [1.54, 1.807) is 6.08 Å². The molecule has 0 aromatic rings. The van der Waals surface area contributed by atoms with Gasteiger partial charge in [-0.1, -0.05) is 256 Å². The summed E-state index contributed by atoms with van der Waals surface area (Å²) in [5.74, 6) is -0.0638. The van der Waals surface area contributed by atoms with E-state index in [2.05, 4.69) is 31.3 Å². The summed E-state index contributed by atoms with van der Waals surface area (Å²) in [6.45, 7) is 4.27. The van der Waals surface area contributed by atoms with Gasteiger partial charge >= 0.3 is 0 Å². The van der Waals surface area contributed by atoms with Gasteiger partial charge in [0.05, 0.1) is 18.8 Å². The molecule has 0 aliphatic rings. The molecule has 0 radical (unpaired) electrons. The number of nitrogens with one attached hydrogen (secondary N) is 1. The molecule has 2 unspecified atom stereocenters. The monoisotopic (exact) mass is 788 g/mol. The molecule has 1 amide bonds. The van der Waals surface area contributed by atoms with Crippen molar-refractivity contribution in [1.82, 2.24) is 5.32 Å². The molecule has 0 aromatic carbocycles. The van der Waals surface area contributed by atoms with Crippen molar-refractivity contribution in [2.24, 2.45) is 0 Å². The first kappa shape index (κ1) is 54.9. The van der Waals surface area contributed by atoms with Crippen LogP contribution in [0, 0.1) is 0 Å². The van der Waals surface area contributed by atoms with Gasteiger partial charge in [0.15, 0.2) is 0 Å². The minimum atomic E-state index is -0.832. The van der Waals surface area contributed by atoms with Crippen molar-refractivity contribution in [1.29, 1.82) is 0 Å². The lowest BCUT2D eigenvalue weighted by Crippen LogP contribution is -2.45. The van der Waals surface area contributed by atoms with E-state index in [-0.39, 0.29) is 12.5 Å². The molecule has 0 bridgehead atoms. The highest BCUT2D eigenvalue weighted by Gasteiger charge is 2.18. The van der Waals surface area contributed by atoms with E-state index < -0.39 is 12.1 Å². The van der Waals surface area contributed by atoms with E-state index in [4.69, 9.17) is 0 Å². The quantitative estimate of drug-likeness (QED) is 0.0425. The van der Waals surface area contributed by atoms with E-state index in [0.717, 1.165) is 25.7 Å². The molecule has 0 saturated carbocycles. The molecule has 0 rings (SSSR count). The van der Waals surface area contributed by atoms with Crippen LogP contribution in [-0.4, -0.2) is 34.9 Å². The standard InChI is InChI=1S/C52H101NO3/c1-3-5-7-9-11-12-13-14-15-16-17-18-19-20-21-22-23-24-25-26-27-28-29-30-31-32-33-34-35-36-37-38-39-40-42-44-46-48-52(56)53-50(49-54)51(55)47-45-43-41-10-8-6-4-2/h16-17,45,47,50-51,54-55H,3-15,18-44,46,48-49H2,1-2H3,(H,53,56)/b17-16-,47-45+. The fraction of sp³-hybridized carbons (Fsp3) is 0.904. The number of hydrogen-bond acceptors (Lipinski definition) is 3. The van der Waals surface area contributed by atoms with E-state index >= 15 is 0 Å². The zero-order chi connectivity index (χ0) is 40.7. The first-order chi connectivity index (χ1) is 27.7. The maximum absolute atomic E-state index is 12.3. The van der Waals surface area contributed by atoms with Crippen molar-refractivity contribution in [2.45, 2.75) is 296 Å². The summed E-state index contributed by atoms with van der Waals surface area (Å²) < 4.78 is 0. The van der Waals surface area contributed by atoms with Crippen LogP contribution in [0.15, 0.2) is 24.3 Å². The summed E-state index contributed by atoms with van der Waals surface area (Å²) in [6.07, 6.45) is 63.6. The van der Waals surface area contributed by atoms with E-state index in [0.29, 0.717) is 6.42 Å². The second-order valence-corrected chi connectivity index (χ2v) is 17.6. The molecule has 0 saturated heterocycles. The predicted octanol–water partition coefficient (Wildman–Crippen LogP) is 16.4. The van der Waals surface area contributed by atoms with E-state index in [1.807, 2.05) is 6.08 Å². The number of allylic oxidation sites excluding steroid dienone is 3. The van der Waals surface area contributed by atoms with Crippen LogP contribution in [0.3, 0.4) is 0 Å². The van der Waals surface area contributed by atoms with Gasteiger partial charge in [-0.15, -0.1) is 0 Å². The summed E-state index contributed by atoms with van der Waals surface area (Å²) in [4.78, 5) is 12.3. The van der Waals surface area contributed by atoms with Crippen molar-refractivity contribution in [3.05, 3.63) is 24.3 Å². The van der Waals surface area contributed by atoms with Gasteiger partial charge in [-0.3, -0.25) is 4.79 Å². The first-order valence-corrected chi connectivity index (χ1v) is 25.6. The van der Waals surface area contributed by atoms with E-state index in [9.17, 15) is 15.0 Å².